The Labute approximate surface area is 120 Å². The molecule has 0 heterocycles. The third-order valence-electron chi connectivity index (χ3n) is 2.51. The van der Waals surface area contributed by atoms with Crippen LogP contribution in [-0.2, 0) is 0 Å². The maximum absolute atomic E-state index is 13.4. The zero-order valence-electron chi connectivity index (χ0n) is 10.3. The van der Waals surface area contributed by atoms with Crippen molar-refractivity contribution in [3.05, 3.63) is 59.9 Å². The van der Waals surface area contributed by atoms with Gasteiger partial charge in [-0.1, -0.05) is 12.1 Å². The lowest BCUT2D eigenvalue weighted by Crippen LogP contribution is -2.19. The smallest absolute Gasteiger partial charge is 0.335 e. The van der Waals surface area contributed by atoms with Crippen LogP contribution in [0.25, 0.3) is 0 Å². The van der Waals surface area contributed by atoms with E-state index in [1.54, 1.807) is 30.3 Å². The number of benzene rings is 2. The van der Waals surface area contributed by atoms with Gasteiger partial charge < -0.3 is 15.7 Å². The highest BCUT2D eigenvalue weighted by molar-refractivity contribution is 7.80. The van der Waals surface area contributed by atoms with Gasteiger partial charge in [0.1, 0.15) is 5.82 Å². The van der Waals surface area contributed by atoms with Crippen LogP contribution in [0.1, 0.15) is 10.4 Å². The molecular weight excluding hydrogens is 279 g/mol. The van der Waals surface area contributed by atoms with Crippen molar-refractivity contribution in [2.24, 2.45) is 0 Å². The standard InChI is InChI=1S/C14H11FN2O2S/c15-11-3-1-2-4-12(11)17-14(20)16-10-7-5-9(6-8-10)13(18)19/h1-8H,(H,18,19)(H2,16,17,20). The second-order valence-corrected chi connectivity index (χ2v) is 4.35. The van der Waals surface area contributed by atoms with Crippen LogP contribution in [0.5, 0.6) is 0 Å². The fourth-order valence-corrected chi connectivity index (χ4v) is 1.77. The lowest BCUT2D eigenvalue weighted by atomic mass is 10.2. The first-order chi connectivity index (χ1) is 9.56. The number of anilines is 2. The molecule has 0 saturated carbocycles. The van der Waals surface area contributed by atoms with E-state index < -0.39 is 11.8 Å². The van der Waals surface area contributed by atoms with Gasteiger partial charge in [0, 0.05) is 5.69 Å². The van der Waals surface area contributed by atoms with Gasteiger partial charge in [0.2, 0.25) is 0 Å². The van der Waals surface area contributed by atoms with Crippen LogP contribution < -0.4 is 10.6 Å². The second kappa shape index (κ2) is 6.12. The number of halogens is 1. The van der Waals surface area contributed by atoms with Crippen LogP contribution in [0.15, 0.2) is 48.5 Å². The highest BCUT2D eigenvalue weighted by Crippen LogP contribution is 2.14. The van der Waals surface area contributed by atoms with Crippen molar-refractivity contribution >= 4 is 34.7 Å². The van der Waals surface area contributed by atoms with E-state index in [-0.39, 0.29) is 16.4 Å². The van der Waals surface area contributed by atoms with E-state index in [0.29, 0.717) is 5.69 Å². The molecule has 0 radical (unpaired) electrons. The topological polar surface area (TPSA) is 61.4 Å². The molecule has 0 bridgehead atoms. The molecule has 0 atom stereocenters. The fourth-order valence-electron chi connectivity index (χ4n) is 1.54. The molecular formula is C14H11FN2O2S. The molecule has 3 N–H and O–H groups in total. The van der Waals surface area contributed by atoms with Gasteiger partial charge in [0.05, 0.1) is 11.3 Å². The quantitative estimate of drug-likeness (QED) is 0.757. The zero-order chi connectivity index (χ0) is 14.5. The van der Waals surface area contributed by atoms with E-state index >= 15 is 0 Å². The lowest BCUT2D eigenvalue weighted by Gasteiger charge is -2.11. The summed E-state index contributed by atoms with van der Waals surface area (Å²) in [6, 6.07) is 12.2. The van der Waals surface area contributed by atoms with Gasteiger partial charge in [0.15, 0.2) is 5.11 Å². The number of rotatable bonds is 3. The Morgan fingerprint density at radius 2 is 1.70 bits per heavy atom. The number of para-hydroxylation sites is 1. The van der Waals surface area contributed by atoms with Crippen molar-refractivity contribution < 1.29 is 14.3 Å². The molecule has 6 heteroatoms. The third-order valence-corrected chi connectivity index (χ3v) is 2.72. The van der Waals surface area contributed by atoms with E-state index in [0.717, 1.165) is 0 Å². The SMILES string of the molecule is O=C(O)c1ccc(NC(=S)Nc2ccccc2F)cc1. The molecule has 0 aromatic heterocycles. The largest absolute Gasteiger partial charge is 0.478 e. The normalized spacial score (nSPS) is 9.85. The Morgan fingerprint density at radius 1 is 1.05 bits per heavy atom. The summed E-state index contributed by atoms with van der Waals surface area (Å²) < 4.78 is 13.4. The number of aromatic carboxylic acids is 1. The number of hydrogen-bond donors (Lipinski definition) is 3. The summed E-state index contributed by atoms with van der Waals surface area (Å²) in [5.41, 5.74) is 1.07. The van der Waals surface area contributed by atoms with Crippen LogP contribution in [0.3, 0.4) is 0 Å². The Hall–Kier alpha value is -2.47. The summed E-state index contributed by atoms with van der Waals surface area (Å²) in [6.45, 7) is 0. The number of carboxylic acids is 1. The van der Waals surface area contributed by atoms with E-state index in [2.05, 4.69) is 10.6 Å². The minimum atomic E-state index is -0.997. The summed E-state index contributed by atoms with van der Waals surface area (Å²) >= 11 is 5.06. The average Bonchev–Trinajstić information content (AvgIpc) is 2.42. The Bertz CT molecular complexity index is 644. The Morgan fingerprint density at radius 3 is 2.30 bits per heavy atom. The monoisotopic (exact) mass is 290 g/mol. The van der Waals surface area contributed by atoms with Gasteiger partial charge in [-0.25, -0.2) is 9.18 Å². The number of carbonyl (C=O) groups is 1. The van der Waals surface area contributed by atoms with Gasteiger partial charge in [-0.2, -0.15) is 0 Å². The maximum atomic E-state index is 13.4. The zero-order valence-corrected chi connectivity index (χ0v) is 11.1. The van der Waals surface area contributed by atoms with Crippen LogP contribution in [0.2, 0.25) is 0 Å². The van der Waals surface area contributed by atoms with Crippen molar-refractivity contribution in [1.82, 2.24) is 0 Å². The molecule has 20 heavy (non-hydrogen) atoms. The molecule has 2 aromatic carbocycles. The first-order valence-electron chi connectivity index (χ1n) is 5.72. The number of nitrogens with one attached hydrogen (secondary N) is 2. The maximum Gasteiger partial charge on any atom is 0.335 e. The summed E-state index contributed by atoms with van der Waals surface area (Å²) in [4.78, 5) is 10.7. The van der Waals surface area contributed by atoms with Crippen LogP contribution in [0, 0.1) is 5.82 Å². The molecule has 102 valence electrons. The minimum Gasteiger partial charge on any atom is -0.478 e. The van der Waals surface area contributed by atoms with E-state index in [4.69, 9.17) is 17.3 Å². The summed E-state index contributed by atoms with van der Waals surface area (Å²) in [6.07, 6.45) is 0. The average molecular weight is 290 g/mol. The predicted octanol–water partition coefficient (Wildman–Crippen LogP) is 3.33. The number of carboxylic acid groups (broad SMARTS) is 1. The first kappa shape index (κ1) is 14.0. The van der Waals surface area contributed by atoms with Crippen LogP contribution in [-0.4, -0.2) is 16.2 Å². The molecule has 4 nitrogen and oxygen atoms in total. The summed E-state index contributed by atoms with van der Waals surface area (Å²) in [5.74, 6) is -1.40. The van der Waals surface area contributed by atoms with E-state index in [9.17, 15) is 9.18 Å². The first-order valence-corrected chi connectivity index (χ1v) is 6.13. The van der Waals surface area contributed by atoms with Crippen LogP contribution >= 0.6 is 12.2 Å². The van der Waals surface area contributed by atoms with Crippen LogP contribution in [0.4, 0.5) is 15.8 Å². The predicted molar refractivity (Wildman–Crippen MR) is 79.6 cm³/mol. The molecule has 0 spiro atoms. The lowest BCUT2D eigenvalue weighted by molar-refractivity contribution is 0.0697. The van der Waals surface area contributed by atoms with Crippen molar-refractivity contribution in [3.63, 3.8) is 0 Å². The van der Waals surface area contributed by atoms with Gasteiger partial charge in [0.25, 0.3) is 0 Å². The Kier molecular flexibility index (Phi) is 4.27. The van der Waals surface area contributed by atoms with Crippen molar-refractivity contribution in [2.45, 2.75) is 0 Å². The second-order valence-electron chi connectivity index (χ2n) is 3.94. The number of hydrogen-bond acceptors (Lipinski definition) is 2. The van der Waals surface area contributed by atoms with E-state index in [1.807, 2.05) is 0 Å². The fraction of sp³-hybridized carbons (Fsp3) is 0. The van der Waals surface area contributed by atoms with Gasteiger partial charge >= 0.3 is 5.97 Å². The Balaban J connectivity index is 2.01. The highest BCUT2D eigenvalue weighted by Gasteiger charge is 2.05. The van der Waals surface area contributed by atoms with Gasteiger partial charge in [-0.15, -0.1) is 0 Å². The molecule has 0 saturated heterocycles. The molecule has 0 fully saturated rings. The summed E-state index contributed by atoms with van der Waals surface area (Å²) in [7, 11) is 0. The highest BCUT2D eigenvalue weighted by atomic mass is 32.1. The molecule has 0 aliphatic heterocycles. The minimum absolute atomic E-state index is 0.184. The molecule has 2 rings (SSSR count). The molecule has 0 aliphatic carbocycles. The van der Waals surface area contributed by atoms with Gasteiger partial charge in [-0.05, 0) is 48.6 Å². The van der Waals surface area contributed by atoms with Crippen molar-refractivity contribution in [1.29, 1.82) is 0 Å². The third kappa shape index (κ3) is 3.52. The van der Waals surface area contributed by atoms with Gasteiger partial charge in [-0.3, -0.25) is 0 Å². The molecule has 2 aromatic rings. The summed E-state index contributed by atoms with van der Waals surface area (Å²) in [5, 5.41) is 14.6. The molecule has 0 aliphatic rings. The van der Waals surface area contributed by atoms with Crippen molar-refractivity contribution in [3.8, 4) is 0 Å². The number of thiocarbonyl (C=S) groups is 1. The molecule has 0 amide bonds. The molecule has 0 unspecified atom stereocenters. The van der Waals surface area contributed by atoms with E-state index in [1.165, 1.54) is 18.2 Å². The van der Waals surface area contributed by atoms with Crippen molar-refractivity contribution in [2.75, 3.05) is 10.6 Å².